The molecule has 0 aromatic rings. The van der Waals surface area contributed by atoms with Crippen molar-refractivity contribution < 1.29 is 24.2 Å². The highest BCUT2D eigenvalue weighted by molar-refractivity contribution is 5.84. The minimum atomic E-state index is -1.05. The van der Waals surface area contributed by atoms with E-state index in [1.54, 1.807) is 0 Å². The number of hydrogen-bond acceptors (Lipinski definition) is 4. The lowest BCUT2D eigenvalue weighted by atomic mass is 10.2. The fraction of sp³-hybridized carbons (Fsp3) is 0.750. The van der Waals surface area contributed by atoms with Crippen molar-refractivity contribution >= 4 is 11.9 Å². The van der Waals surface area contributed by atoms with Gasteiger partial charge in [0.1, 0.15) is 6.61 Å². The minimum Gasteiger partial charge on any atom is -0.480 e. The van der Waals surface area contributed by atoms with Crippen LogP contribution in [0.2, 0.25) is 0 Å². The van der Waals surface area contributed by atoms with Gasteiger partial charge in [-0.05, 0) is 0 Å². The second-order valence-electron chi connectivity index (χ2n) is 2.95. The van der Waals surface area contributed by atoms with Crippen molar-refractivity contribution in [3.63, 3.8) is 0 Å². The van der Waals surface area contributed by atoms with Crippen LogP contribution in [-0.4, -0.2) is 61.4 Å². The van der Waals surface area contributed by atoms with Gasteiger partial charge in [0.05, 0.1) is 13.2 Å². The second-order valence-corrected chi connectivity index (χ2v) is 2.95. The van der Waals surface area contributed by atoms with Crippen molar-refractivity contribution in [2.24, 2.45) is 0 Å². The molecule has 1 fully saturated rings. The topological polar surface area (TPSA) is 76.1 Å². The van der Waals surface area contributed by atoms with Gasteiger partial charge >= 0.3 is 5.97 Å². The molecule has 80 valence electrons. The summed E-state index contributed by atoms with van der Waals surface area (Å²) < 4.78 is 9.65. The molecule has 1 rings (SSSR count). The summed E-state index contributed by atoms with van der Waals surface area (Å²) in [6, 6.07) is -0.883. The van der Waals surface area contributed by atoms with Crippen molar-refractivity contribution in [1.82, 2.24) is 4.90 Å². The predicted molar refractivity (Wildman–Crippen MR) is 45.8 cm³/mol. The Morgan fingerprint density at radius 2 is 2.36 bits per heavy atom. The molecule has 0 spiro atoms. The lowest BCUT2D eigenvalue weighted by molar-refractivity contribution is -0.159. The normalized spacial score (nSPS) is 22.1. The van der Waals surface area contributed by atoms with E-state index >= 15 is 0 Å². The highest BCUT2D eigenvalue weighted by Crippen LogP contribution is 2.07. The third-order valence-electron chi connectivity index (χ3n) is 2.00. The maximum Gasteiger partial charge on any atom is 0.328 e. The third-order valence-corrected chi connectivity index (χ3v) is 2.00. The van der Waals surface area contributed by atoms with Gasteiger partial charge in [0, 0.05) is 13.7 Å². The molecule has 14 heavy (non-hydrogen) atoms. The Bertz CT molecular complexity index is 230. The molecule has 1 aliphatic rings. The van der Waals surface area contributed by atoms with Crippen LogP contribution in [-0.2, 0) is 19.1 Å². The molecular formula is C8H13NO5. The number of amides is 1. The fourth-order valence-electron chi connectivity index (χ4n) is 1.31. The average Bonchev–Trinajstić information content (AvgIpc) is 2.18. The van der Waals surface area contributed by atoms with E-state index in [9.17, 15) is 9.59 Å². The van der Waals surface area contributed by atoms with E-state index in [1.165, 1.54) is 12.0 Å². The molecule has 1 saturated heterocycles. The number of ether oxygens (including phenoxy) is 2. The van der Waals surface area contributed by atoms with Gasteiger partial charge in [-0.3, -0.25) is 4.79 Å². The van der Waals surface area contributed by atoms with Crippen LogP contribution >= 0.6 is 0 Å². The Kier molecular flexibility index (Phi) is 3.84. The molecule has 0 aromatic heterocycles. The summed E-state index contributed by atoms with van der Waals surface area (Å²) in [4.78, 5) is 23.4. The predicted octanol–water partition coefficient (Wildman–Crippen LogP) is -1.06. The molecule has 0 aliphatic carbocycles. The number of morpholine rings is 1. The molecule has 0 unspecified atom stereocenters. The summed E-state index contributed by atoms with van der Waals surface area (Å²) in [6.07, 6.45) is 0. The van der Waals surface area contributed by atoms with Crippen molar-refractivity contribution in [2.75, 3.05) is 33.5 Å². The van der Waals surface area contributed by atoms with Gasteiger partial charge in [0.15, 0.2) is 6.04 Å². The first-order valence-corrected chi connectivity index (χ1v) is 4.25. The van der Waals surface area contributed by atoms with Crippen LogP contribution in [0.15, 0.2) is 0 Å². The van der Waals surface area contributed by atoms with Crippen molar-refractivity contribution in [3.05, 3.63) is 0 Å². The van der Waals surface area contributed by atoms with Crippen molar-refractivity contribution in [3.8, 4) is 0 Å². The number of nitrogens with zero attached hydrogens (tertiary/aromatic N) is 1. The number of carboxylic acids is 1. The van der Waals surface area contributed by atoms with Gasteiger partial charge in [-0.1, -0.05) is 0 Å². The largest absolute Gasteiger partial charge is 0.480 e. The van der Waals surface area contributed by atoms with Crippen LogP contribution in [0.25, 0.3) is 0 Å². The van der Waals surface area contributed by atoms with Gasteiger partial charge in [-0.25, -0.2) is 4.79 Å². The first-order chi connectivity index (χ1) is 6.66. The third kappa shape index (κ3) is 2.43. The van der Waals surface area contributed by atoms with Crippen LogP contribution < -0.4 is 0 Å². The van der Waals surface area contributed by atoms with Crippen LogP contribution in [0.3, 0.4) is 0 Å². The fourth-order valence-corrected chi connectivity index (χ4v) is 1.31. The SMILES string of the molecule is COCC(=O)N1CCOC[C@@H]1C(=O)O. The number of aliphatic carboxylic acids is 1. The Morgan fingerprint density at radius 3 is 2.93 bits per heavy atom. The van der Waals surface area contributed by atoms with E-state index in [0.29, 0.717) is 13.2 Å². The van der Waals surface area contributed by atoms with Crippen molar-refractivity contribution in [2.45, 2.75) is 6.04 Å². The molecule has 6 nitrogen and oxygen atoms in total. The molecule has 1 heterocycles. The van der Waals surface area contributed by atoms with Crippen molar-refractivity contribution in [1.29, 1.82) is 0 Å². The van der Waals surface area contributed by atoms with Crippen LogP contribution in [0.1, 0.15) is 0 Å². The standard InChI is InChI=1S/C8H13NO5/c1-13-5-7(10)9-2-3-14-4-6(9)8(11)12/h6H,2-5H2,1H3,(H,11,12)/t6-/m1/s1. The van der Waals surface area contributed by atoms with E-state index in [4.69, 9.17) is 9.84 Å². The Labute approximate surface area is 81.4 Å². The number of methoxy groups -OCH3 is 1. The smallest absolute Gasteiger partial charge is 0.328 e. The van der Waals surface area contributed by atoms with Gasteiger partial charge in [0.25, 0.3) is 0 Å². The second kappa shape index (κ2) is 4.92. The van der Waals surface area contributed by atoms with Crippen LogP contribution in [0, 0.1) is 0 Å². The van der Waals surface area contributed by atoms with Gasteiger partial charge in [-0.2, -0.15) is 0 Å². The molecule has 1 atom stereocenters. The first-order valence-electron chi connectivity index (χ1n) is 4.25. The molecule has 1 N–H and O–H groups in total. The first kappa shape index (κ1) is 10.9. The zero-order valence-corrected chi connectivity index (χ0v) is 7.93. The zero-order chi connectivity index (χ0) is 10.6. The summed E-state index contributed by atoms with van der Waals surface area (Å²) in [5, 5.41) is 8.81. The summed E-state index contributed by atoms with van der Waals surface area (Å²) in [7, 11) is 1.40. The molecule has 0 aromatic carbocycles. The van der Waals surface area contributed by atoms with E-state index in [-0.39, 0.29) is 19.1 Å². The van der Waals surface area contributed by atoms with Crippen LogP contribution in [0.5, 0.6) is 0 Å². The van der Waals surface area contributed by atoms with Crippen LogP contribution in [0.4, 0.5) is 0 Å². The zero-order valence-electron chi connectivity index (χ0n) is 7.93. The molecular weight excluding hydrogens is 190 g/mol. The summed E-state index contributed by atoms with van der Waals surface area (Å²) in [6.45, 7) is 0.632. The highest BCUT2D eigenvalue weighted by atomic mass is 16.5. The number of carbonyl (C=O) groups excluding carboxylic acids is 1. The summed E-state index contributed by atoms with van der Waals surface area (Å²) >= 11 is 0. The van der Waals surface area contributed by atoms with Gasteiger partial charge in [0.2, 0.25) is 5.91 Å². The molecule has 0 radical (unpaired) electrons. The highest BCUT2D eigenvalue weighted by Gasteiger charge is 2.32. The lowest BCUT2D eigenvalue weighted by Crippen LogP contribution is -2.53. The van der Waals surface area contributed by atoms with E-state index in [0.717, 1.165) is 0 Å². The number of rotatable bonds is 3. The van der Waals surface area contributed by atoms with E-state index < -0.39 is 12.0 Å². The molecule has 1 amide bonds. The quantitative estimate of drug-likeness (QED) is 0.633. The lowest BCUT2D eigenvalue weighted by Gasteiger charge is -2.32. The number of hydrogen-bond donors (Lipinski definition) is 1. The summed E-state index contributed by atoms with van der Waals surface area (Å²) in [5.41, 5.74) is 0. The van der Waals surface area contributed by atoms with Gasteiger partial charge in [-0.15, -0.1) is 0 Å². The molecule has 1 aliphatic heterocycles. The minimum absolute atomic E-state index is 0.0464. The maximum atomic E-state index is 11.4. The summed E-state index contributed by atoms with van der Waals surface area (Å²) in [5.74, 6) is -1.36. The molecule has 6 heteroatoms. The van der Waals surface area contributed by atoms with E-state index in [2.05, 4.69) is 4.74 Å². The average molecular weight is 203 g/mol. The Hall–Kier alpha value is -1.14. The van der Waals surface area contributed by atoms with Gasteiger partial charge < -0.3 is 19.5 Å². The van der Waals surface area contributed by atoms with E-state index in [1.807, 2.05) is 0 Å². The number of carbonyl (C=O) groups is 2. The molecule has 0 saturated carbocycles. The maximum absolute atomic E-state index is 11.4. The molecule has 0 bridgehead atoms. The monoisotopic (exact) mass is 203 g/mol. The number of carboxylic acid groups (broad SMARTS) is 1. The Morgan fingerprint density at radius 1 is 1.64 bits per heavy atom. The Balaban J connectivity index is 2.62.